The summed E-state index contributed by atoms with van der Waals surface area (Å²) in [5.41, 5.74) is 50.1. The van der Waals surface area contributed by atoms with Crippen LogP contribution in [0, 0.1) is 13.8 Å². The summed E-state index contributed by atoms with van der Waals surface area (Å²) in [6.07, 6.45) is 0. The predicted molar refractivity (Wildman–Crippen MR) is 525 cm³/mol. The Kier molecular flexibility index (Phi) is 18.8. The Morgan fingerprint density at radius 2 is 0.323 bits per heavy atom. The van der Waals surface area contributed by atoms with Gasteiger partial charge in [-0.05, 0) is 295 Å². The summed E-state index contributed by atoms with van der Waals surface area (Å²) < 4.78 is 0. The second-order valence-corrected chi connectivity index (χ2v) is 36.6. The van der Waals surface area contributed by atoms with E-state index in [0.29, 0.717) is 0 Å². The minimum atomic E-state index is -0.180. The lowest BCUT2D eigenvalue weighted by Gasteiger charge is -2.30. The number of fused-ring (bicyclic) bond motifs is 12. The van der Waals surface area contributed by atoms with Crippen LogP contribution in [0.2, 0.25) is 0 Å². The molecule has 124 heavy (non-hydrogen) atoms. The van der Waals surface area contributed by atoms with E-state index in [4.69, 9.17) is 0 Å². The number of rotatable bonds is 14. The highest BCUT2D eigenvalue weighted by Gasteiger charge is 2.42. The van der Waals surface area contributed by atoms with Crippen molar-refractivity contribution >= 4 is 34.1 Å². The smallest absolute Gasteiger partial charge is 0.0465 e. The van der Waals surface area contributed by atoms with Crippen molar-refractivity contribution in [2.75, 3.05) is 9.80 Å². The van der Waals surface area contributed by atoms with E-state index in [2.05, 4.69) is 492 Å². The highest BCUT2D eigenvalue weighted by Crippen LogP contribution is 2.58. The molecule has 0 bridgehead atoms. The SMILES string of the molecule is Cc1ccc(N(c2ccc3c(c2)C(C)(C)c2cc(-c4ccc(-c5ccccc5)cc4)ccc2-3)c2ccc3c(c2)C(C)(C)c2cc(-c4ccc(-c5ccccc5)cc4)ccc2-3)cc1.Cc1cccc(N(c2ccc3c(c2)C(C)(C)c2cc(-c4ccc(-c5ccccc5)cc4)ccc2-3)c2ccc3c(c2)C(C)(C)c2cc(-c4ccc(-c5ccccc5)cc4)ccc2-3)c1. The quantitative estimate of drug-likeness (QED) is 0.107. The normalized spacial score (nSPS) is 13.8. The average Bonchev–Trinajstić information content (AvgIpc) is 1.58. The van der Waals surface area contributed by atoms with E-state index in [0.717, 1.165) is 11.4 Å². The molecule has 0 heterocycles. The molecule has 0 radical (unpaired) electrons. The van der Waals surface area contributed by atoms with Crippen molar-refractivity contribution in [3.05, 3.63) is 468 Å². The van der Waals surface area contributed by atoms with Gasteiger partial charge in [0, 0.05) is 55.8 Å². The van der Waals surface area contributed by atoms with Crippen LogP contribution in [0.25, 0.3) is 134 Å². The number of aryl methyl sites for hydroxylation is 2. The van der Waals surface area contributed by atoms with Gasteiger partial charge >= 0.3 is 0 Å². The summed E-state index contributed by atoms with van der Waals surface area (Å²) in [6, 6.07) is 153. The number of benzene rings is 18. The molecule has 2 heteroatoms. The molecule has 0 aromatic heterocycles. The number of anilines is 6. The van der Waals surface area contributed by atoms with E-state index in [-0.39, 0.29) is 21.7 Å². The number of hydrogen-bond acceptors (Lipinski definition) is 2. The van der Waals surface area contributed by atoms with Crippen molar-refractivity contribution in [3.8, 4) is 134 Å². The maximum atomic E-state index is 2.46. The van der Waals surface area contributed by atoms with Crippen LogP contribution in [0.3, 0.4) is 0 Å². The van der Waals surface area contributed by atoms with E-state index in [1.54, 1.807) is 0 Å². The van der Waals surface area contributed by atoms with Crippen molar-refractivity contribution in [1.82, 2.24) is 0 Å². The topological polar surface area (TPSA) is 6.48 Å². The highest BCUT2D eigenvalue weighted by molar-refractivity contribution is 5.94. The van der Waals surface area contributed by atoms with Gasteiger partial charge in [0.25, 0.3) is 0 Å². The maximum absolute atomic E-state index is 2.46. The third-order valence-electron chi connectivity index (χ3n) is 27.5. The van der Waals surface area contributed by atoms with Crippen molar-refractivity contribution in [3.63, 3.8) is 0 Å². The first-order valence-corrected chi connectivity index (χ1v) is 43.8. The van der Waals surface area contributed by atoms with E-state index < -0.39 is 0 Å². The van der Waals surface area contributed by atoms with Crippen molar-refractivity contribution in [1.29, 1.82) is 0 Å². The Bertz CT molecular complexity index is 6770. The Balaban J connectivity index is 0.000000152. The van der Waals surface area contributed by atoms with Crippen molar-refractivity contribution < 1.29 is 0 Å². The number of hydrogen-bond donors (Lipinski definition) is 0. The van der Waals surface area contributed by atoms with Gasteiger partial charge in [-0.3, -0.25) is 0 Å². The zero-order valence-corrected chi connectivity index (χ0v) is 72.2. The van der Waals surface area contributed by atoms with Crippen LogP contribution >= 0.6 is 0 Å². The van der Waals surface area contributed by atoms with E-state index in [9.17, 15) is 0 Å². The fourth-order valence-corrected chi connectivity index (χ4v) is 20.5. The monoisotopic (exact) mass is 1590 g/mol. The summed E-state index contributed by atoms with van der Waals surface area (Å²) >= 11 is 0. The standard InChI is InChI=1S/2C61H49N/c1-40-13-12-18-49(35-40)62(50-29-33-54-52-31-27-47(36-56(52)60(2,3)58(54)38-50)45-23-19-43(20-24-45)41-14-8-6-9-15-41)51-30-34-55-53-32-28-48(37-57(53)61(4,5)59(55)39-51)46-25-21-44(22-26-46)42-16-10-7-11-17-42;1-40-16-28-49(29-17-40)62(50-30-34-54-52-32-26-47(36-56(52)60(2,3)58(54)38-50)45-22-18-43(19-23-45)41-12-8-6-9-13-41)51-31-35-55-53-33-27-48(37-57(53)61(4,5)59(55)39-51)46-24-20-44(21-25-46)42-14-10-7-11-15-42/h2*6-39H,1-5H3. The lowest BCUT2D eigenvalue weighted by atomic mass is 9.81. The Labute approximate surface area is 731 Å². The molecule has 18 aromatic carbocycles. The highest BCUT2D eigenvalue weighted by atomic mass is 15.1. The van der Waals surface area contributed by atoms with Crippen LogP contribution in [0.15, 0.2) is 413 Å². The maximum Gasteiger partial charge on any atom is 0.0465 e. The molecule has 0 unspecified atom stereocenters. The zero-order valence-electron chi connectivity index (χ0n) is 72.2. The lowest BCUT2D eigenvalue weighted by Crippen LogP contribution is -2.18. The first-order valence-electron chi connectivity index (χ1n) is 43.8. The van der Waals surface area contributed by atoms with Gasteiger partial charge in [-0.25, -0.2) is 0 Å². The molecule has 596 valence electrons. The van der Waals surface area contributed by atoms with Gasteiger partial charge in [0.1, 0.15) is 0 Å². The van der Waals surface area contributed by atoms with Gasteiger partial charge in [0.05, 0.1) is 0 Å². The van der Waals surface area contributed by atoms with Gasteiger partial charge in [-0.1, -0.05) is 376 Å². The molecule has 4 aliphatic carbocycles. The molecule has 0 aliphatic heterocycles. The lowest BCUT2D eigenvalue weighted by molar-refractivity contribution is 0.660. The third kappa shape index (κ3) is 13.4. The summed E-state index contributed by atoms with van der Waals surface area (Å²) in [7, 11) is 0. The zero-order chi connectivity index (χ0) is 84.3. The summed E-state index contributed by atoms with van der Waals surface area (Å²) in [5, 5.41) is 0. The van der Waals surface area contributed by atoms with Gasteiger partial charge in [0.2, 0.25) is 0 Å². The second-order valence-electron chi connectivity index (χ2n) is 36.6. The molecule has 18 aromatic rings. The molecule has 0 spiro atoms. The van der Waals surface area contributed by atoms with Crippen LogP contribution in [-0.2, 0) is 21.7 Å². The average molecular weight is 1590 g/mol. The molecule has 0 amide bonds. The molecular weight excluding hydrogens is 1490 g/mol. The first-order chi connectivity index (χ1) is 60.3. The molecule has 0 saturated heterocycles. The molecule has 4 aliphatic rings. The van der Waals surface area contributed by atoms with Crippen molar-refractivity contribution in [2.24, 2.45) is 0 Å². The summed E-state index contributed by atoms with van der Waals surface area (Å²) in [5.74, 6) is 0. The molecule has 0 saturated carbocycles. The minimum Gasteiger partial charge on any atom is -0.310 e. The number of nitrogens with zero attached hydrogens (tertiary/aromatic N) is 2. The molecule has 0 atom stereocenters. The Hall–Kier alpha value is -14.4. The Morgan fingerprint density at radius 1 is 0.137 bits per heavy atom. The van der Waals surface area contributed by atoms with Crippen LogP contribution < -0.4 is 9.80 Å². The summed E-state index contributed by atoms with van der Waals surface area (Å²) in [4.78, 5) is 4.92. The molecule has 22 rings (SSSR count). The molecule has 2 nitrogen and oxygen atoms in total. The fraction of sp³-hybridized carbons (Fsp3) is 0.115. The molecule has 0 N–H and O–H groups in total. The van der Waals surface area contributed by atoms with Gasteiger partial charge in [0.15, 0.2) is 0 Å². The van der Waals surface area contributed by atoms with Gasteiger partial charge in [-0.2, -0.15) is 0 Å². The van der Waals surface area contributed by atoms with Crippen LogP contribution in [0.1, 0.15) is 111 Å². The van der Waals surface area contributed by atoms with Gasteiger partial charge in [-0.15, -0.1) is 0 Å². The summed E-state index contributed by atoms with van der Waals surface area (Å²) in [6.45, 7) is 23.5. The fourth-order valence-electron chi connectivity index (χ4n) is 20.5. The Morgan fingerprint density at radius 3 is 0.565 bits per heavy atom. The molecule has 0 fully saturated rings. The first kappa shape index (κ1) is 76.9. The van der Waals surface area contributed by atoms with Crippen LogP contribution in [0.5, 0.6) is 0 Å². The van der Waals surface area contributed by atoms with E-state index in [1.807, 2.05) is 0 Å². The van der Waals surface area contributed by atoms with Gasteiger partial charge < -0.3 is 9.80 Å². The predicted octanol–water partition coefficient (Wildman–Crippen LogP) is 33.5. The van der Waals surface area contributed by atoms with Crippen LogP contribution in [0.4, 0.5) is 34.1 Å². The minimum absolute atomic E-state index is 0.180. The van der Waals surface area contributed by atoms with Crippen molar-refractivity contribution in [2.45, 2.75) is 90.9 Å². The molecular formula is C122H98N2. The van der Waals surface area contributed by atoms with Crippen LogP contribution in [-0.4, -0.2) is 0 Å². The third-order valence-corrected chi connectivity index (χ3v) is 27.5. The largest absolute Gasteiger partial charge is 0.310 e. The second kappa shape index (κ2) is 30.3. The van der Waals surface area contributed by atoms with E-state index >= 15 is 0 Å². The van der Waals surface area contributed by atoms with E-state index in [1.165, 1.54) is 212 Å².